The Labute approximate surface area is 126 Å². The van der Waals surface area contributed by atoms with E-state index in [1.807, 2.05) is 48.6 Å². The van der Waals surface area contributed by atoms with E-state index in [9.17, 15) is 0 Å². The third-order valence-electron chi connectivity index (χ3n) is 3.73. The molecular formula is C17H24N4. The van der Waals surface area contributed by atoms with Crippen molar-refractivity contribution in [3.63, 3.8) is 0 Å². The van der Waals surface area contributed by atoms with Crippen LogP contribution in [-0.4, -0.2) is 24.7 Å². The number of nitrogens with one attached hydrogen (secondary N) is 1. The van der Waals surface area contributed by atoms with E-state index in [1.165, 1.54) is 11.1 Å². The van der Waals surface area contributed by atoms with E-state index in [2.05, 4.69) is 24.4 Å². The SMILES string of the molecule is Cc1ccccc1CC(N)N(C)/C=C(\N)C1=CC=CNC1. The maximum absolute atomic E-state index is 6.27. The summed E-state index contributed by atoms with van der Waals surface area (Å²) in [5.41, 5.74) is 16.8. The first-order chi connectivity index (χ1) is 10.1. The van der Waals surface area contributed by atoms with Crippen molar-refractivity contribution in [2.24, 2.45) is 11.5 Å². The largest absolute Gasteiger partial charge is 0.397 e. The molecule has 5 N–H and O–H groups in total. The number of dihydropyridines is 1. The fraction of sp³-hybridized carbons (Fsp3) is 0.294. The van der Waals surface area contributed by atoms with Gasteiger partial charge >= 0.3 is 0 Å². The molecule has 0 aliphatic carbocycles. The Balaban J connectivity index is 2.02. The predicted octanol–water partition coefficient (Wildman–Crippen LogP) is 1.60. The molecule has 1 aromatic carbocycles. The summed E-state index contributed by atoms with van der Waals surface area (Å²) in [6.07, 6.45) is 8.48. The van der Waals surface area contributed by atoms with Crippen LogP contribution in [0.1, 0.15) is 11.1 Å². The lowest BCUT2D eigenvalue weighted by molar-refractivity contribution is 0.332. The highest BCUT2D eigenvalue weighted by atomic mass is 15.2. The molecule has 1 heterocycles. The Kier molecular flexibility index (Phi) is 5.06. The first kappa shape index (κ1) is 15.2. The molecule has 0 bridgehead atoms. The standard InChI is InChI=1S/C17H24N4/c1-13-6-3-4-7-14(13)10-17(19)21(2)12-16(18)15-8-5-9-20-11-15/h3-9,12,17,20H,10-11,18-19H2,1-2H3/b16-12-. The minimum absolute atomic E-state index is 0.0997. The second-order valence-corrected chi connectivity index (χ2v) is 5.38. The molecule has 2 rings (SSSR count). The molecule has 1 atom stereocenters. The Morgan fingerprint density at radius 2 is 2.19 bits per heavy atom. The molecule has 21 heavy (non-hydrogen) atoms. The summed E-state index contributed by atoms with van der Waals surface area (Å²) in [7, 11) is 1.96. The maximum Gasteiger partial charge on any atom is 0.0803 e. The van der Waals surface area contributed by atoms with Crippen molar-refractivity contribution < 1.29 is 0 Å². The van der Waals surface area contributed by atoms with E-state index < -0.39 is 0 Å². The fourth-order valence-electron chi connectivity index (χ4n) is 2.26. The minimum atomic E-state index is -0.0997. The number of allylic oxidation sites excluding steroid dienone is 2. The zero-order valence-corrected chi connectivity index (χ0v) is 12.7. The van der Waals surface area contributed by atoms with Gasteiger partial charge in [-0.2, -0.15) is 0 Å². The van der Waals surface area contributed by atoms with Crippen molar-refractivity contribution in [1.82, 2.24) is 10.2 Å². The molecule has 0 saturated heterocycles. The lowest BCUT2D eigenvalue weighted by atomic mass is 10.0. The van der Waals surface area contributed by atoms with Crippen LogP contribution in [0.25, 0.3) is 0 Å². The minimum Gasteiger partial charge on any atom is -0.397 e. The summed E-state index contributed by atoms with van der Waals surface area (Å²) in [6.45, 7) is 2.86. The lowest BCUT2D eigenvalue weighted by Crippen LogP contribution is -2.38. The molecule has 0 aromatic heterocycles. The van der Waals surface area contributed by atoms with Gasteiger partial charge in [0.25, 0.3) is 0 Å². The molecule has 1 aliphatic heterocycles. The molecule has 0 fully saturated rings. The molecule has 0 amide bonds. The van der Waals surface area contributed by atoms with Crippen LogP contribution >= 0.6 is 0 Å². The predicted molar refractivity (Wildman–Crippen MR) is 88.1 cm³/mol. The third-order valence-corrected chi connectivity index (χ3v) is 3.73. The second-order valence-electron chi connectivity index (χ2n) is 5.38. The first-order valence-corrected chi connectivity index (χ1v) is 7.16. The topological polar surface area (TPSA) is 67.3 Å². The molecule has 0 radical (unpaired) electrons. The quantitative estimate of drug-likeness (QED) is 0.719. The van der Waals surface area contributed by atoms with E-state index in [-0.39, 0.29) is 6.17 Å². The number of rotatable bonds is 5. The van der Waals surface area contributed by atoms with Crippen LogP contribution in [0.3, 0.4) is 0 Å². The summed E-state index contributed by atoms with van der Waals surface area (Å²) >= 11 is 0. The molecule has 0 saturated carbocycles. The van der Waals surface area contributed by atoms with Gasteiger partial charge in [-0.05, 0) is 35.9 Å². The number of likely N-dealkylation sites (N-methyl/N-ethyl adjacent to an activating group) is 1. The first-order valence-electron chi connectivity index (χ1n) is 7.16. The molecule has 0 spiro atoms. The fourth-order valence-corrected chi connectivity index (χ4v) is 2.26. The van der Waals surface area contributed by atoms with Gasteiger partial charge in [0.15, 0.2) is 0 Å². The molecule has 1 unspecified atom stereocenters. The summed E-state index contributed by atoms with van der Waals surface area (Å²) in [5, 5.41) is 3.15. The zero-order valence-electron chi connectivity index (χ0n) is 12.7. The Hall–Kier alpha value is -2.20. The van der Waals surface area contributed by atoms with E-state index in [0.717, 1.165) is 24.2 Å². The van der Waals surface area contributed by atoms with Gasteiger partial charge in [0.1, 0.15) is 0 Å². The highest BCUT2D eigenvalue weighted by Crippen LogP contribution is 2.12. The molecule has 4 nitrogen and oxygen atoms in total. The van der Waals surface area contributed by atoms with E-state index in [4.69, 9.17) is 11.5 Å². The molecule has 1 aliphatic rings. The van der Waals surface area contributed by atoms with Crippen LogP contribution in [0, 0.1) is 6.92 Å². The van der Waals surface area contributed by atoms with Crippen LogP contribution in [0.4, 0.5) is 0 Å². The van der Waals surface area contributed by atoms with Gasteiger partial charge < -0.3 is 21.7 Å². The van der Waals surface area contributed by atoms with Crippen molar-refractivity contribution in [3.05, 3.63) is 71.2 Å². The normalized spacial score (nSPS) is 16.1. The second kappa shape index (κ2) is 6.99. The van der Waals surface area contributed by atoms with E-state index >= 15 is 0 Å². The van der Waals surface area contributed by atoms with E-state index in [1.54, 1.807) is 0 Å². The van der Waals surface area contributed by atoms with Crippen molar-refractivity contribution in [1.29, 1.82) is 0 Å². The van der Waals surface area contributed by atoms with E-state index in [0.29, 0.717) is 0 Å². The Morgan fingerprint density at radius 3 is 2.86 bits per heavy atom. The Bertz CT molecular complexity index is 572. The summed E-state index contributed by atoms with van der Waals surface area (Å²) in [5.74, 6) is 0. The summed E-state index contributed by atoms with van der Waals surface area (Å²) < 4.78 is 0. The molecule has 112 valence electrons. The van der Waals surface area contributed by atoms with Crippen LogP contribution < -0.4 is 16.8 Å². The van der Waals surface area contributed by atoms with Gasteiger partial charge in [0.2, 0.25) is 0 Å². The molecule has 4 heteroatoms. The van der Waals surface area contributed by atoms with Gasteiger partial charge in [0, 0.05) is 26.2 Å². The number of aryl methyl sites for hydroxylation is 1. The van der Waals surface area contributed by atoms with Gasteiger partial charge in [-0.25, -0.2) is 0 Å². The van der Waals surface area contributed by atoms with Crippen molar-refractivity contribution in [2.45, 2.75) is 19.5 Å². The number of hydrogen-bond acceptors (Lipinski definition) is 4. The number of nitrogens with two attached hydrogens (primary N) is 2. The smallest absolute Gasteiger partial charge is 0.0803 e. The maximum atomic E-state index is 6.27. The number of nitrogens with zero attached hydrogens (tertiary/aromatic N) is 1. The summed E-state index contributed by atoms with van der Waals surface area (Å²) in [6, 6.07) is 8.32. The lowest BCUT2D eigenvalue weighted by Gasteiger charge is -2.25. The molecule has 1 aromatic rings. The molecular weight excluding hydrogens is 260 g/mol. The highest BCUT2D eigenvalue weighted by Gasteiger charge is 2.11. The average molecular weight is 284 g/mol. The van der Waals surface area contributed by atoms with Crippen molar-refractivity contribution in [2.75, 3.05) is 13.6 Å². The monoisotopic (exact) mass is 284 g/mol. The van der Waals surface area contributed by atoms with Gasteiger partial charge in [-0.1, -0.05) is 30.3 Å². The van der Waals surface area contributed by atoms with Crippen LogP contribution in [0.15, 0.2) is 60.1 Å². The number of benzene rings is 1. The number of hydrogen-bond donors (Lipinski definition) is 3. The van der Waals surface area contributed by atoms with Crippen molar-refractivity contribution >= 4 is 0 Å². The van der Waals surface area contributed by atoms with Crippen molar-refractivity contribution in [3.8, 4) is 0 Å². The zero-order chi connectivity index (χ0) is 15.2. The van der Waals surface area contributed by atoms with Gasteiger partial charge in [-0.15, -0.1) is 0 Å². The van der Waals surface area contributed by atoms with Gasteiger partial charge in [0.05, 0.1) is 11.9 Å². The van der Waals surface area contributed by atoms with Crippen LogP contribution in [0.5, 0.6) is 0 Å². The average Bonchev–Trinajstić information content (AvgIpc) is 2.50. The third kappa shape index (κ3) is 4.13. The van der Waals surface area contributed by atoms with Crippen LogP contribution in [-0.2, 0) is 6.42 Å². The summed E-state index contributed by atoms with van der Waals surface area (Å²) in [4.78, 5) is 1.97. The highest BCUT2D eigenvalue weighted by molar-refractivity contribution is 5.34. The Morgan fingerprint density at radius 1 is 1.43 bits per heavy atom. The van der Waals surface area contributed by atoms with Crippen LogP contribution in [0.2, 0.25) is 0 Å². The van der Waals surface area contributed by atoms with Gasteiger partial charge in [-0.3, -0.25) is 0 Å².